The van der Waals surface area contributed by atoms with Crippen LogP contribution in [0.25, 0.3) is 0 Å². The second-order valence-electron chi connectivity index (χ2n) is 4.99. The topological polar surface area (TPSA) is 15.3 Å². The molecule has 0 radical (unpaired) electrons. The first kappa shape index (κ1) is 15.2. The van der Waals surface area contributed by atoms with E-state index in [9.17, 15) is 0 Å². The molecule has 18 heavy (non-hydrogen) atoms. The standard InChI is InChI=1S/C16H28N2/c1-4-6-7-9-15(3)11-13-18-12-8-10-16(14-18)17-5-2/h4,6-7,9,16-17H,3,5,8,10-14H2,1-2H3. The third-order valence-corrected chi connectivity index (χ3v) is 3.38. The Kier molecular flexibility index (Phi) is 7.70. The molecule has 0 bridgehead atoms. The van der Waals surface area contributed by atoms with Crippen LogP contribution in [-0.2, 0) is 0 Å². The Labute approximate surface area is 112 Å². The minimum absolute atomic E-state index is 0.690. The van der Waals surface area contributed by atoms with Gasteiger partial charge >= 0.3 is 0 Å². The van der Waals surface area contributed by atoms with Crippen molar-refractivity contribution in [3.8, 4) is 0 Å². The molecule has 102 valence electrons. The summed E-state index contributed by atoms with van der Waals surface area (Å²) in [5, 5.41) is 3.56. The van der Waals surface area contributed by atoms with Crippen LogP contribution in [0.15, 0.2) is 36.5 Å². The molecule has 1 saturated heterocycles. The number of hydrogen-bond acceptors (Lipinski definition) is 2. The highest BCUT2D eigenvalue weighted by molar-refractivity contribution is 5.19. The fourth-order valence-electron chi connectivity index (χ4n) is 2.40. The molecule has 0 aromatic rings. The zero-order valence-corrected chi connectivity index (χ0v) is 12.0. The van der Waals surface area contributed by atoms with Crippen molar-refractivity contribution in [2.75, 3.05) is 26.2 Å². The maximum Gasteiger partial charge on any atom is 0.0195 e. The molecule has 0 aliphatic carbocycles. The van der Waals surface area contributed by atoms with E-state index in [4.69, 9.17) is 0 Å². The van der Waals surface area contributed by atoms with Gasteiger partial charge < -0.3 is 10.2 Å². The summed E-state index contributed by atoms with van der Waals surface area (Å²) < 4.78 is 0. The number of nitrogens with one attached hydrogen (secondary N) is 1. The van der Waals surface area contributed by atoms with Crippen LogP contribution in [0.3, 0.4) is 0 Å². The first-order valence-electron chi connectivity index (χ1n) is 7.19. The van der Waals surface area contributed by atoms with E-state index in [1.807, 2.05) is 19.1 Å². The minimum atomic E-state index is 0.690. The highest BCUT2D eigenvalue weighted by atomic mass is 15.2. The molecule has 0 saturated carbocycles. The summed E-state index contributed by atoms with van der Waals surface area (Å²) in [4.78, 5) is 2.56. The largest absolute Gasteiger partial charge is 0.313 e. The van der Waals surface area contributed by atoms with Crippen molar-refractivity contribution in [3.63, 3.8) is 0 Å². The van der Waals surface area contributed by atoms with Crippen molar-refractivity contribution in [1.82, 2.24) is 10.2 Å². The maximum absolute atomic E-state index is 4.10. The summed E-state index contributed by atoms with van der Waals surface area (Å²) in [5.41, 5.74) is 1.22. The molecule has 1 aliphatic heterocycles. The van der Waals surface area contributed by atoms with Crippen molar-refractivity contribution in [2.45, 2.75) is 39.2 Å². The number of allylic oxidation sites excluding steroid dienone is 4. The molecule has 2 nitrogen and oxygen atoms in total. The average Bonchev–Trinajstić information content (AvgIpc) is 2.38. The van der Waals surface area contributed by atoms with Crippen LogP contribution >= 0.6 is 0 Å². The van der Waals surface area contributed by atoms with E-state index < -0.39 is 0 Å². The Morgan fingerprint density at radius 1 is 1.44 bits per heavy atom. The lowest BCUT2D eigenvalue weighted by molar-refractivity contribution is 0.194. The van der Waals surface area contributed by atoms with E-state index in [1.165, 1.54) is 31.5 Å². The van der Waals surface area contributed by atoms with Gasteiger partial charge in [-0.15, -0.1) is 0 Å². The summed E-state index contributed by atoms with van der Waals surface area (Å²) in [7, 11) is 0. The van der Waals surface area contributed by atoms with Gasteiger partial charge in [-0.05, 0) is 39.3 Å². The number of likely N-dealkylation sites (tertiary alicyclic amines) is 1. The molecule has 1 aliphatic rings. The molecule has 1 fully saturated rings. The van der Waals surface area contributed by atoms with Gasteiger partial charge in [0.2, 0.25) is 0 Å². The van der Waals surface area contributed by atoms with Gasteiger partial charge in [-0.2, -0.15) is 0 Å². The quantitative estimate of drug-likeness (QED) is 0.696. The first-order valence-corrected chi connectivity index (χ1v) is 7.19. The Hall–Kier alpha value is -0.860. The highest BCUT2D eigenvalue weighted by Gasteiger charge is 2.18. The van der Waals surface area contributed by atoms with Crippen LogP contribution < -0.4 is 5.32 Å². The van der Waals surface area contributed by atoms with Crippen LogP contribution in [0.1, 0.15) is 33.1 Å². The fourth-order valence-corrected chi connectivity index (χ4v) is 2.40. The molecule has 1 unspecified atom stereocenters. The Balaban J connectivity index is 2.23. The lowest BCUT2D eigenvalue weighted by Crippen LogP contribution is -2.45. The molecule has 1 N–H and O–H groups in total. The number of nitrogens with zero attached hydrogens (tertiary/aromatic N) is 1. The zero-order chi connectivity index (χ0) is 13.2. The molecule has 2 heteroatoms. The fraction of sp³-hybridized carbons (Fsp3) is 0.625. The summed E-state index contributed by atoms with van der Waals surface area (Å²) >= 11 is 0. The molecular weight excluding hydrogens is 220 g/mol. The van der Waals surface area contributed by atoms with Crippen molar-refractivity contribution in [2.24, 2.45) is 0 Å². The van der Waals surface area contributed by atoms with Crippen molar-refractivity contribution >= 4 is 0 Å². The maximum atomic E-state index is 4.10. The third-order valence-electron chi connectivity index (χ3n) is 3.38. The van der Waals surface area contributed by atoms with Crippen molar-refractivity contribution in [1.29, 1.82) is 0 Å². The second kappa shape index (κ2) is 9.12. The SMILES string of the molecule is C=C(C=CC=CC)CCN1CCCC(NCC)C1. The van der Waals surface area contributed by atoms with E-state index in [2.05, 4.69) is 35.9 Å². The van der Waals surface area contributed by atoms with Crippen LogP contribution in [0.2, 0.25) is 0 Å². The van der Waals surface area contributed by atoms with Gasteiger partial charge in [-0.1, -0.05) is 43.4 Å². The van der Waals surface area contributed by atoms with Crippen molar-refractivity contribution < 1.29 is 0 Å². The van der Waals surface area contributed by atoms with Gasteiger partial charge in [-0.25, -0.2) is 0 Å². The number of rotatable bonds is 7. The molecule has 0 amide bonds. The van der Waals surface area contributed by atoms with Gasteiger partial charge in [0.1, 0.15) is 0 Å². The summed E-state index contributed by atoms with van der Waals surface area (Å²) in [6.07, 6.45) is 12.0. The molecule has 1 heterocycles. The summed E-state index contributed by atoms with van der Waals surface area (Å²) in [5.74, 6) is 0. The first-order chi connectivity index (χ1) is 8.76. The lowest BCUT2D eigenvalue weighted by Gasteiger charge is -2.33. The van der Waals surface area contributed by atoms with E-state index in [0.29, 0.717) is 6.04 Å². The highest BCUT2D eigenvalue weighted by Crippen LogP contribution is 2.12. The molecule has 1 rings (SSSR count). The molecule has 0 spiro atoms. The number of likely N-dealkylation sites (N-methyl/N-ethyl adjacent to an activating group) is 1. The predicted molar refractivity (Wildman–Crippen MR) is 80.8 cm³/mol. The third kappa shape index (κ3) is 6.18. The van der Waals surface area contributed by atoms with Crippen LogP contribution in [0.4, 0.5) is 0 Å². The molecule has 0 aromatic heterocycles. The smallest absolute Gasteiger partial charge is 0.0195 e. The monoisotopic (exact) mass is 248 g/mol. The number of piperidine rings is 1. The minimum Gasteiger partial charge on any atom is -0.313 e. The summed E-state index contributed by atoms with van der Waals surface area (Å²) in [6, 6.07) is 0.690. The van der Waals surface area contributed by atoms with E-state index >= 15 is 0 Å². The van der Waals surface area contributed by atoms with Crippen LogP contribution in [0, 0.1) is 0 Å². The Bertz CT molecular complexity index is 289. The average molecular weight is 248 g/mol. The molecular formula is C16H28N2. The van der Waals surface area contributed by atoms with Gasteiger partial charge in [-0.3, -0.25) is 0 Å². The normalized spacial score (nSPS) is 22.0. The summed E-state index contributed by atoms with van der Waals surface area (Å²) in [6.45, 7) is 13.0. The van der Waals surface area contributed by atoms with E-state index in [0.717, 1.165) is 19.5 Å². The van der Waals surface area contributed by atoms with Crippen molar-refractivity contribution in [3.05, 3.63) is 36.5 Å². The van der Waals surface area contributed by atoms with Gasteiger partial charge in [0, 0.05) is 19.1 Å². The zero-order valence-electron chi connectivity index (χ0n) is 12.0. The van der Waals surface area contributed by atoms with Gasteiger partial charge in [0.05, 0.1) is 0 Å². The van der Waals surface area contributed by atoms with E-state index in [1.54, 1.807) is 0 Å². The molecule has 0 aromatic carbocycles. The number of hydrogen-bond donors (Lipinski definition) is 1. The van der Waals surface area contributed by atoms with Crippen LogP contribution in [-0.4, -0.2) is 37.1 Å². The van der Waals surface area contributed by atoms with Crippen LogP contribution in [0.5, 0.6) is 0 Å². The van der Waals surface area contributed by atoms with Gasteiger partial charge in [0.25, 0.3) is 0 Å². The Morgan fingerprint density at radius 3 is 3.00 bits per heavy atom. The predicted octanol–water partition coefficient (Wildman–Crippen LogP) is 3.14. The van der Waals surface area contributed by atoms with Gasteiger partial charge in [0.15, 0.2) is 0 Å². The Morgan fingerprint density at radius 2 is 2.28 bits per heavy atom. The molecule has 1 atom stereocenters. The second-order valence-corrected chi connectivity index (χ2v) is 4.99. The van der Waals surface area contributed by atoms with E-state index in [-0.39, 0.29) is 0 Å². The lowest BCUT2D eigenvalue weighted by atomic mass is 10.0.